The van der Waals surface area contributed by atoms with Gasteiger partial charge in [-0.1, -0.05) is 13.0 Å². The average Bonchev–Trinajstić information content (AvgIpc) is 2.42. The van der Waals surface area contributed by atoms with E-state index in [-0.39, 0.29) is 5.69 Å². The van der Waals surface area contributed by atoms with Crippen LogP contribution in [0.4, 0.5) is 11.4 Å². The summed E-state index contributed by atoms with van der Waals surface area (Å²) in [5.74, 6) is 5.98. The van der Waals surface area contributed by atoms with Crippen molar-refractivity contribution in [1.29, 1.82) is 0 Å². The molecule has 0 aromatic heterocycles. The molecule has 1 aromatic carbocycles. The van der Waals surface area contributed by atoms with Crippen LogP contribution in [-0.4, -0.2) is 22.4 Å². The highest BCUT2D eigenvalue weighted by atomic mass is 16.6. The Hall–Kier alpha value is -1.66. The van der Waals surface area contributed by atoms with Crippen LogP contribution in [0, 0.1) is 16.0 Å². The zero-order valence-corrected chi connectivity index (χ0v) is 12.0. The minimum atomic E-state index is -0.402. The summed E-state index contributed by atoms with van der Waals surface area (Å²) in [6.45, 7) is 6.27. The molecule has 1 fully saturated rings. The van der Waals surface area contributed by atoms with E-state index in [1.165, 1.54) is 12.8 Å². The first-order valence-electron chi connectivity index (χ1n) is 6.99. The first-order valence-corrected chi connectivity index (χ1v) is 6.99. The highest BCUT2D eigenvalue weighted by Crippen LogP contribution is 2.27. The fraction of sp³-hybridized carbons (Fsp3) is 0.571. The van der Waals surface area contributed by atoms with Crippen LogP contribution >= 0.6 is 0 Å². The number of nitro groups is 1. The lowest BCUT2D eigenvalue weighted by molar-refractivity contribution is -0.384. The number of nitrogens with one attached hydrogen (secondary N) is 1. The van der Waals surface area contributed by atoms with E-state index in [1.807, 2.05) is 6.07 Å². The normalized spacial score (nSPS) is 23.6. The summed E-state index contributed by atoms with van der Waals surface area (Å²) in [6.07, 6.45) is 2.44. The number of benzene rings is 1. The van der Waals surface area contributed by atoms with Gasteiger partial charge in [-0.05, 0) is 37.3 Å². The molecule has 2 unspecified atom stereocenters. The molecule has 0 spiro atoms. The number of piperidine rings is 1. The number of likely N-dealkylation sites (tertiary alicyclic amines) is 1. The summed E-state index contributed by atoms with van der Waals surface area (Å²) in [4.78, 5) is 13.0. The maximum absolute atomic E-state index is 11.0. The molecule has 0 amide bonds. The maximum atomic E-state index is 11.0. The fourth-order valence-electron chi connectivity index (χ4n) is 2.78. The Balaban J connectivity index is 2.16. The second-order valence-corrected chi connectivity index (χ2v) is 5.71. The standard InChI is InChI=1S/C14H22N4O2/c1-10-3-4-11(2)17(8-10)9-12-5-6-13(16-15)14(7-12)18(19)20/h5-7,10-11,16H,3-4,8-9,15H2,1-2H3. The molecular formula is C14H22N4O2. The summed E-state index contributed by atoms with van der Waals surface area (Å²) < 4.78 is 0. The Morgan fingerprint density at radius 2 is 2.20 bits per heavy atom. The van der Waals surface area contributed by atoms with Crippen LogP contribution in [0.2, 0.25) is 0 Å². The molecule has 2 atom stereocenters. The minimum absolute atomic E-state index is 0.0303. The van der Waals surface area contributed by atoms with Crippen molar-refractivity contribution in [2.75, 3.05) is 12.0 Å². The van der Waals surface area contributed by atoms with E-state index >= 15 is 0 Å². The SMILES string of the molecule is CC1CCC(C)N(Cc2ccc(NN)c([N+](=O)[O-])c2)C1. The van der Waals surface area contributed by atoms with Crippen molar-refractivity contribution >= 4 is 11.4 Å². The molecule has 20 heavy (non-hydrogen) atoms. The first kappa shape index (κ1) is 14.7. The predicted molar refractivity (Wildman–Crippen MR) is 79.2 cm³/mol. The number of anilines is 1. The van der Waals surface area contributed by atoms with Gasteiger partial charge < -0.3 is 5.43 Å². The summed E-state index contributed by atoms with van der Waals surface area (Å²) in [6, 6.07) is 5.71. The molecule has 0 radical (unpaired) electrons. The van der Waals surface area contributed by atoms with Gasteiger partial charge in [0.2, 0.25) is 0 Å². The lowest BCUT2D eigenvalue weighted by Crippen LogP contribution is -2.40. The third kappa shape index (κ3) is 3.26. The van der Waals surface area contributed by atoms with Gasteiger partial charge in [0.25, 0.3) is 5.69 Å². The van der Waals surface area contributed by atoms with Gasteiger partial charge >= 0.3 is 0 Å². The average molecular weight is 278 g/mol. The highest BCUT2D eigenvalue weighted by Gasteiger charge is 2.23. The Labute approximate surface area is 119 Å². The summed E-state index contributed by atoms with van der Waals surface area (Å²) in [5.41, 5.74) is 3.70. The van der Waals surface area contributed by atoms with Gasteiger partial charge in [0, 0.05) is 25.2 Å². The van der Waals surface area contributed by atoms with Crippen LogP contribution in [-0.2, 0) is 6.54 Å². The van der Waals surface area contributed by atoms with Gasteiger partial charge in [0.15, 0.2) is 0 Å². The number of nitrogens with zero attached hydrogens (tertiary/aromatic N) is 2. The quantitative estimate of drug-likeness (QED) is 0.502. The number of hydrogen-bond acceptors (Lipinski definition) is 5. The molecule has 110 valence electrons. The summed E-state index contributed by atoms with van der Waals surface area (Å²) >= 11 is 0. The van der Waals surface area contributed by atoms with Gasteiger partial charge in [-0.3, -0.25) is 20.9 Å². The fourth-order valence-corrected chi connectivity index (χ4v) is 2.78. The molecule has 1 aliphatic heterocycles. The molecule has 1 aliphatic rings. The second-order valence-electron chi connectivity index (χ2n) is 5.71. The molecule has 1 aromatic rings. The van der Waals surface area contributed by atoms with Crippen LogP contribution in [0.5, 0.6) is 0 Å². The number of hydrazine groups is 1. The molecular weight excluding hydrogens is 256 g/mol. The van der Waals surface area contributed by atoms with Crippen molar-refractivity contribution in [2.45, 2.75) is 39.3 Å². The van der Waals surface area contributed by atoms with Crippen molar-refractivity contribution < 1.29 is 4.92 Å². The number of nitrogens with two attached hydrogens (primary N) is 1. The predicted octanol–water partition coefficient (Wildman–Crippen LogP) is 2.50. The monoisotopic (exact) mass is 278 g/mol. The van der Waals surface area contributed by atoms with Gasteiger partial charge in [0.05, 0.1) is 4.92 Å². The Morgan fingerprint density at radius 3 is 2.85 bits per heavy atom. The Kier molecular flexibility index (Phi) is 4.57. The first-order chi connectivity index (χ1) is 9.51. The zero-order chi connectivity index (χ0) is 14.7. The summed E-state index contributed by atoms with van der Waals surface area (Å²) in [7, 11) is 0. The van der Waals surface area contributed by atoms with Crippen molar-refractivity contribution in [3.8, 4) is 0 Å². The van der Waals surface area contributed by atoms with E-state index in [1.54, 1.807) is 12.1 Å². The number of nitrogen functional groups attached to an aromatic ring is 1. The van der Waals surface area contributed by atoms with E-state index in [0.29, 0.717) is 17.6 Å². The van der Waals surface area contributed by atoms with E-state index in [9.17, 15) is 10.1 Å². The third-order valence-corrected chi connectivity index (χ3v) is 4.05. The number of rotatable bonds is 4. The van der Waals surface area contributed by atoms with E-state index in [2.05, 4.69) is 24.2 Å². The molecule has 1 heterocycles. The molecule has 6 heteroatoms. The smallest absolute Gasteiger partial charge is 0.293 e. The van der Waals surface area contributed by atoms with Crippen LogP contribution in [0.1, 0.15) is 32.3 Å². The van der Waals surface area contributed by atoms with E-state index < -0.39 is 4.92 Å². The van der Waals surface area contributed by atoms with Crippen molar-refractivity contribution in [2.24, 2.45) is 11.8 Å². The summed E-state index contributed by atoms with van der Waals surface area (Å²) in [5, 5.41) is 11.0. The van der Waals surface area contributed by atoms with Crippen LogP contribution in [0.3, 0.4) is 0 Å². The minimum Gasteiger partial charge on any atom is -0.318 e. The van der Waals surface area contributed by atoms with E-state index in [4.69, 9.17) is 5.84 Å². The van der Waals surface area contributed by atoms with Gasteiger partial charge in [-0.15, -0.1) is 0 Å². The molecule has 0 aliphatic carbocycles. The lowest BCUT2D eigenvalue weighted by atomic mass is 9.94. The molecule has 0 saturated carbocycles. The van der Waals surface area contributed by atoms with Crippen molar-refractivity contribution in [1.82, 2.24) is 4.90 Å². The largest absolute Gasteiger partial charge is 0.318 e. The van der Waals surface area contributed by atoms with E-state index in [0.717, 1.165) is 18.7 Å². The molecule has 0 bridgehead atoms. The number of hydrogen-bond donors (Lipinski definition) is 2. The zero-order valence-electron chi connectivity index (χ0n) is 12.0. The van der Waals surface area contributed by atoms with Gasteiger partial charge in [-0.25, -0.2) is 0 Å². The molecule has 6 nitrogen and oxygen atoms in total. The maximum Gasteiger partial charge on any atom is 0.293 e. The Bertz CT molecular complexity index is 492. The third-order valence-electron chi connectivity index (χ3n) is 4.05. The van der Waals surface area contributed by atoms with Crippen LogP contribution in [0.25, 0.3) is 0 Å². The van der Waals surface area contributed by atoms with Crippen LogP contribution in [0.15, 0.2) is 18.2 Å². The second kappa shape index (κ2) is 6.19. The van der Waals surface area contributed by atoms with Crippen LogP contribution < -0.4 is 11.3 Å². The molecule has 3 N–H and O–H groups in total. The van der Waals surface area contributed by atoms with Gasteiger partial charge in [0.1, 0.15) is 5.69 Å². The van der Waals surface area contributed by atoms with Gasteiger partial charge in [-0.2, -0.15) is 0 Å². The topological polar surface area (TPSA) is 84.4 Å². The molecule has 2 rings (SSSR count). The van der Waals surface area contributed by atoms with Crippen molar-refractivity contribution in [3.05, 3.63) is 33.9 Å². The highest BCUT2D eigenvalue weighted by molar-refractivity contribution is 5.61. The Morgan fingerprint density at radius 1 is 1.45 bits per heavy atom. The molecule has 1 saturated heterocycles. The number of nitro benzene ring substituents is 1. The lowest BCUT2D eigenvalue weighted by Gasteiger charge is -2.36. The van der Waals surface area contributed by atoms with Crippen molar-refractivity contribution in [3.63, 3.8) is 0 Å².